The molecule has 0 radical (unpaired) electrons. The second kappa shape index (κ2) is 18.7. The molecule has 0 saturated carbocycles. The summed E-state index contributed by atoms with van der Waals surface area (Å²) in [5.41, 5.74) is 0. The molecule has 0 amide bonds. The number of halogens is 1. The fourth-order valence-electron chi connectivity index (χ4n) is 0. The molecule has 0 rings (SSSR count). The van der Waals surface area contributed by atoms with Crippen molar-refractivity contribution in [2.75, 3.05) is 14.1 Å². The predicted molar refractivity (Wildman–Crippen MR) is 23.3 cm³/mol. The van der Waals surface area contributed by atoms with Gasteiger partial charge in [0.15, 0.2) is 0 Å². The molecule has 0 aliphatic heterocycles. The zero-order valence-corrected chi connectivity index (χ0v) is 6.72. The van der Waals surface area contributed by atoms with E-state index >= 15 is 0 Å². The third-order valence-corrected chi connectivity index (χ3v) is 0. The first kappa shape index (κ1) is 16.3. The van der Waals surface area contributed by atoms with Crippen LogP contribution >= 0.6 is 12.4 Å². The topological polar surface area (TPSA) is 12.0 Å². The van der Waals surface area contributed by atoms with E-state index in [4.69, 9.17) is 0 Å². The summed E-state index contributed by atoms with van der Waals surface area (Å²) in [4.78, 5) is 0. The van der Waals surface area contributed by atoms with E-state index in [0.29, 0.717) is 0 Å². The minimum atomic E-state index is 0. The Hall–Kier alpha value is 1.25. The quantitative estimate of drug-likeness (QED) is 0.333. The van der Waals surface area contributed by atoms with Crippen LogP contribution in [-0.2, 0) is 0 Å². The largest absolute Gasteiger partial charge is 1.00 e. The van der Waals surface area contributed by atoms with Crippen LogP contribution in [0.1, 0.15) is 1.43 Å². The van der Waals surface area contributed by atoms with Crippen LogP contribution in [0.3, 0.4) is 0 Å². The second-order valence-corrected chi connectivity index (χ2v) is 0.500. The van der Waals surface area contributed by atoms with Crippen LogP contribution in [0.5, 0.6) is 0 Å². The maximum atomic E-state index is 2.75. The van der Waals surface area contributed by atoms with Crippen molar-refractivity contribution in [2.45, 2.75) is 0 Å². The Kier molecular flexibility index (Phi) is 61.1. The Bertz CT molecular complexity index is 13.5. The smallest absolute Gasteiger partial charge is 1.00 e. The minimum absolute atomic E-state index is 0. The maximum Gasteiger partial charge on any atom is 1.00 e. The number of rotatable bonds is 0. The summed E-state index contributed by atoms with van der Waals surface area (Å²) in [5, 5.41) is 2.75. The molecule has 0 fully saturated rings. The number of hydrogen-bond donors (Lipinski definition) is 1. The van der Waals surface area contributed by atoms with E-state index in [2.05, 4.69) is 5.32 Å². The third kappa shape index (κ3) is 35.5. The molecule has 3 heteroatoms. The fourth-order valence-corrected chi connectivity index (χ4v) is 0. The molecule has 0 aliphatic carbocycles. The van der Waals surface area contributed by atoms with Gasteiger partial charge in [0.1, 0.15) is 0 Å². The van der Waals surface area contributed by atoms with Gasteiger partial charge in [0.2, 0.25) is 0 Å². The van der Waals surface area contributed by atoms with Crippen LogP contribution in [0.2, 0.25) is 0 Å². The van der Waals surface area contributed by atoms with E-state index in [9.17, 15) is 0 Å². The van der Waals surface area contributed by atoms with Gasteiger partial charge < -0.3 is 6.74 Å². The Morgan fingerprint density at radius 3 is 1.40 bits per heavy atom. The summed E-state index contributed by atoms with van der Waals surface area (Å²) in [5.74, 6) is 0. The summed E-state index contributed by atoms with van der Waals surface area (Å²) < 4.78 is 0. The van der Waals surface area contributed by atoms with E-state index in [1.165, 1.54) is 0 Å². The molecular formula is C2H9ClNNa. The van der Waals surface area contributed by atoms with Crippen molar-refractivity contribution in [1.82, 2.24) is 5.32 Å². The summed E-state index contributed by atoms with van der Waals surface area (Å²) in [7, 11) is 3.75. The summed E-state index contributed by atoms with van der Waals surface area (Å²) >= 11 is 0. The number of nitrogens with one attached hydrogen (secondary N) is 1. The molecule has 0 heterocycles. The summed E-state index contributed by atoms with van der Waals surface area (Å²) in [6.45, 7) is 0. The van der Waals surface area contributed by atoms with Gasteiger partial charge in [0.05, 0.1) is 0 Å². The van der Waals surface area contributed by atoms with Crippen LogP contribution in [0.15, 0.2) is 0 Å². The molecule has 0 atom stereocenters. The normalized spacial score (nSPS) is 3.60. The number of hydrogen-bond acceptors (Lipinski definition) is 1. The molecule has 5 heavy (non-hydrogen) atoms. The van der Waals surface area contributed by atoms with E-state index in [-0.39, 0.29) is 43.4 Å². The standard InChI is InChI=1S/C2H7N.ClH.Na.H/c1-3-2;;;/h3H,1-2H3;1H;;/q;;+1;-1. The Labute approximate surface area is 62.7 Å². The van der Waals surface area contributed by atoms with Crippen molar-refractivity contribution >= 4 is 12.4 Å². The van der Waals surface area contributed by atoms with Crippen LogP contribution in [0.25, 0.3) is 0 Å². The van der Waals surface area contributed by atoms with Crippen molar-refractivity contribution in [2.24, 2.45) is 0 Å². The first-order chi connectivity index (χ1) is 1.41. The van der Waals surface area contributed by atoms with Gasteiger partial charge in [0, 0.05) is 0 Å². The predicted octanol–water partition coefficient (Wildman–Crippen LogP) is -2.63. The van der Waals surface area contributed by atoms with Gasteiger partial charge in [-0.05, 0) is 14.1 Å². The van der Waals surface area contributed by atoms with Crippen molar-refractivity contribution < 1.29 is 31.0 Å². The summed E-state index contributed by atoms with van der Waals surface area (Å²) in [6, 6.07) is 0. The van der Waals surface area contributed by atoms with Gasteiger partial charge >= 0.3 is 29.6 Å². The van der Waals surface area contributed by atoms with Crippen LogP contribution in [0.4, 0.5) is 0 Å². The molecule has 0 aromatic heterocycles. The molecule has 30 valence electrons. The molecule has 0 aliphatic rings. The van der Waals surface area contributed by atoms with Gasteiger partial charge in [-0.3, -0.25) is 0 Å². The van der Waals surface area contributed by atoms with Crippen molar-refractivity contribution in [1.29, 1.82) is 0 Å². The molecule has 0 spiro atoms. The first-order valence-corrected chi connectivity index (χ1v) is 1.00. The zero-order valence-electron chi connectivity index (χ0n) is 4.91. The van der Waals surface area contributed by atoms with Gasteiger partial charge in [-0.2, -0.15) is 0 Å². The van der Waals surface area contributed by atoms with Gasteiger partial charge in [-0.25, -0.2) is 0 Å². The van der Waals surface area contributed by atoms with E-state index in [0.717, 1.165) is 0 Å². The first-order valence-electron chi connectivity index (χ1n) is 1.00. The van der Waals surface area contributed by atoms with Crippen LogP contribution in [0, 0.1) is 0 Å². The third-order valence-electron chi connectivity index (χ3n) is 0. The second-order valence-electron chi connectivity index (χ2n) is 0.500. The van der Waals surface area contributed by atoms with E-state index < -0.39 is 0 Å². The SMILES string of the molecule is CNC.Cl.[H-].[Na+]. The monoisotopic (exact) mass is 105 g/mol. The average Bonchev–Trinajstić information content (AvgIpc) is 0.918. The minimum Gasteiger partial charge on any atom is -1.00 e. The molecule has 0 saturated heterocycles. The molecular weight excluding hydrogens is 96.5 g/mol. The zero-order chi connectivity index (χ0) is 2.71. The molecule has 0 unspecified atom stereocenters. The summed E-state index contributed by atoms with van der Waals surface area (Å²) in [6.07, 6.45) is 0. The van der Waals surface area contributed by atoms with E-state index in [1.807, 2.05) is 14.1 Å². The van der Waals surface area contributed by atoms with Gasteiger partial charge in [-0.1, -0.05) is 0 Å². The van der Waals surface area contributed by atoms with Crippen molar-refractivity contribution in [3.63, 3.8) is 0 Å². The van der Waals surface area contributed by atoms with Gasteiger partial charge in [-0.15, -0.1) is 12.4 Å². The molecule has 0 aromatic rings. The van der Waals surface area contributed by atoms with Crippen LogP contribution < -0.4 is 34.9 Å². The van der Waals surface area contributed by atoms with Crippen molar-refractivity contribution in [3.05, 3.63) is 0 Å². The maximum absolute atomic E-state index is 2.75. The Morgan fingerprint density at radius 1 is 1.40 bits per heavy atom. The fraction of sp³-hybridized carbons (Fsp3) is 1.00. The molecule has 0 bridgehead atoms. The average molecular weight is 106 g/mol. The molecule has 0 aromatic carbocycles. The Balaban J connectivity index is -0.00000000667. The van der Waals surface area contributed by atoms with Crippen molar-refractivity contribution in [3.8, 4) is 0 Å². The van der Waals surface area contributed by atoms with E-state index in [1.54, 1.807) is 0 Å². The molecule has 1 N–H and O–H groups in total. The van der Waals surface area contributed by atoms with Crippen LogP contribution in [-0.4, -0.2) is 14.1 Å². The van der Waals surface area contributed by atoms with Gasteiger partial charge in [0.25, 0.3) is 0 Å². The molecule has 1 nitrogen and oxygen atoms in total. The Morgan fingerprint density at radius 2 is 1.40 bits per heavy atom.